The summed E-state index contributed by atoms with van der Waals surface area (Å²) in [6.07, 6.45) is -0.867. The maximum atomic E-state index is 14.2. The van der Waals surface area contributed by atoms with Gasteiger partial charge in [-0.05, 0) is 30.7 Å². The SMILES string of the molecule is CN(C(=O)OCc1ccccc1)C(C)(C(=O)O)c1cc(Br)ccc1F. The van der Waals surface area contributed by atoms with Crippen LogP contribution in [-0.4, -0.2) is 29.1 Å². The van der Waals surface area contributed by atoms with E-state index in [1.165, 1.54) is 26.1 Å². The molecule has 5 nitrogen and oxygen atoms in total. The van der Waals surface area contributed by atoms with Crippen molar-refractivity contribution in [3.63, 3.8) is 0 Å². The van der Waals surface area contributed by atoms with Gasteiger partial charge in [-0.25, -0.2) is 14.0 Å². The first-order valence-corrected chi connectivity index (χ1v) is 8.19. The largest absolute Gasteiger partial charge is 0.479 e. The number of carboxylic acid groups (broad SMARTS) is 1. The van der Waals surface area contributed by atoms with Gasteiger partial charge in [0, 0.05) is 17.1 Å². The van der Waals surface area contributed by atoms with E-state index < -0.39 is 23.4 Å². The summed E-state index contributed by atoms with van der Waals surface area (Å²) < 4.78 is 19.9. The van der Waals surface area contributed by atoms with Crippen molar-refractivity contribution in [3.8, 4) is 0 Å². The highest BCUT2D eigenvalue weighted by Gasteiger charge is 2.45. The second kappa shape index (κ2) is 7.65. The molecule has 2 aromatic carbocycles. The molecule has 0 radical (unpaired) electrons. The van der Waals surface area contributed by atoms with E-state index in [0.717, 1.165) is 16.5 Å². The molecular formula is C18H17BrFNO4. The lowest BCUT2D eigenvalue weighted by atomic mass is 9.90. The van der Waals surface area contributed by atoms with Crippen molar-refractivity contribution in [3.05, 3.63) is 69.9 Å². The molecule has 1 N–H and O–H groups in total. The van der Waals surface area contributed by atoms with Gasteiger partial charge in [-0.1, -0.05) is 46.3 Å². The number of carbonyl (C=O) groups excluding carboxylic acids is 1. The third kappa shape index (κ3) is 3.99. The minimum Gasteiger partial charge on any atom is -0.479 e. The summed E-state index contributed by atoms with van der Waals surface area (Å²) in [4.78, 5) is 25.1. The number of nitrogens with zero attached hydrogens (tertiary/aromatic N) is 1. The molecule has 0 bridgehead atoms. The molecular weight excluding hydrogens is 393 g/mol. The van der Waals surface area contributed by atoms with E-state index in [1.807, 2.05) is 6.07 Å². The standard InChI is InChI=1S/C18H17BrFNO4/c1-18(16(22)23,14-10-13(19)8-9-15(14)20)21(2)17(24)25-11-12-6-4-3-5-7-12/h3-10H,11H2,1-2H3,(H,22,23). The second-order valence-electron chi connectivity index (χ2n) is 5.60. The fraction of sp³-hybridized carbons (Fsp3) is 0.222. The van der Waals surface area contributed by atoms with Gasteiger partial charge in [-0.2, -0.15) is 0 Å². The first-order valence-electron chi connectivity index (χ1n) is 7.40. The minimum atomic E-state index is -1.93. The molecule has 0 aliphatic rings. The summed E-state index contributed by atoms with van der Waals surface area (Å²) in [6.45, 7) is 1.24. The monoisotopic (exact) mass is 409 g/mol. The van der Waals surface area contributed by atoms with Crippen molar-refractivity contribution in [1.29, 1.82) is 0 Å². The average molecular weight is 410 g/mol. The van der Waals surface area contributed by atoms with Crippen LogP contribution in [0.1, 0.15) is 18.1 Å². The molecule has 0 spiro atoms. The van der Waals surface area contributed by atoms with Gasteiger partial charge in [0.05, 0.1) is 0 Å². The number of hydrogen-bond acceptors (Lipinski definition) is 3. The number of ether oxygens (including phenoxy) is 1. The number of halogens is 2. The van der Waals surface area contributed by atoms with Crippen LogP contribution in [-0.2, 0) is 21.7 Å². The predicted molar refractivity (Wildman–Crippen MR) is 93.5 cm³/mol. The number of carboxylic acids is 1. The van der Waals surface area contributed by atoms with Gasteiger partial charge in [-0.3, -0.25) is 4.90 Å². The van der Waals surface area contributed by atoms with Gasteiger partial charge in [0.15, 0.2) is 5.54 Å². The van der Waals surface area contributed by atoms with E-state index in [4.69, 9.17) is 4.74 Å². The maximum Gasteiger partial charge on any atom is 0.411 e. The molecule has 1 amide bonds. The molecule has 1 unspecified atom stereocenters. The van der Waals surface area contributed by atoms with Crippen molar-refractivity contribution in [1.82, 2.24) is 4.90 Å². The number of carbonyl (C=O) groups is 2. The summed E-state index contributed by atoms with van der Waals surface area (Å²) in [5.74, 6) is -2.10. The van der Waals surface area contributed by atoms with E-state index >= 15 is 0 Å². The third-order valence-corrected chi connectivity index (χ3v) is 4.51. The highest BCUT2D eigenvalue weighted by atomic mass is 79.9. The van der Waals surface area contributed by atoms with Crippen LogP contribution in [0.15, 0.2) is 53.0 Å². The van der Waals surface area contributed by atoms with E-state index in [0.29, 0.717) is 4.47 Å². The summed E-state index contributed by atoms with van der Waals surface area (Å²) in [5, 5.41) is 9.67. The normalized spacial score (nSPS) is 13.0. The van der Waals surface area contributed by atoms with Crippen LogP contribution >= 0.6 is 15.9 Å². The van der Waals surface area contributed by atoms with Gasteiger partial charge in [0.2, 0.25) is 0 Å². The third-order valence-electron chi connectivity index (χ3n) is 4.02. The Morgan fingerprint density at radius 1 is 1.24 bits per heavy atom. The number of aliphatic carboxylic acids is 1. The molecule has 0 fully saturated rings. The molecule has 25 heavy (non-hydrogen) atoms. The topological polar surface area (TPSA) is 66.8 Å². The van der Waals surface area contributed by atoms with Crippen LogP contribution in [0.2, 0.25) is 0 Å². The van der Waals surface area contributed by atoms with Gasteiger partial charge < -0.3 is 9.84 Å². The molecule has 0 aliphatic heterocycles. The van der Waals surface area contributed by atoms with Gasteiger partial charge in [-0.15, -0.1) is 0 Å². The average Bonchev–Trinajstić information content (AvgIpc) is 2.61. The Hall–Kier alpha value is -2.41. The number of hydrogen-bond donors (Lipinski definition) is 1. The highest BCUT2D eigenvalue weighted by Crippen LogP contribution is 2.32. The van der Waals surface area contributed by atoms with E-state index in [9.17, 15) is 19.1 Å². The summed E-state index contributed by atoms with van der Waals surface area (Å²) in [5.41, 5.74) is -1.31. The molecule has 0 heterocycles. The quantitative estimate of drug-likeness (QED) is 0.804. The Morgan fingerprint density at radius 3 is 2.48 bits per heavy atom. The Labute approximate surface area is 153 Å². The van der Waals surface area contributed by atoms with Crippen LogP contribution in [0.5, 0.6) is 0 Å². The molecule has 0 aliphatic carbocycles. The molecule has 2 rings (SSSR count). The Balaban J connectivity index is 2.27. The van der Waals surface area contributed by atoms with E-state index in [1.54, 1.807) is 24.3 Å². The maximum absolute atomic E-state index is 14.2. The van der Waals surface area contributed by atoms with Crippen molar-refractivity contribution in [2.45, 2.75) is 19.1 Å². The second-order valence-corrected chi connectivity index (χ2v) is 6.52. The zero-order valence-electron chi connectivity index (χ0n) is 13.7. The van der Waals surface area contributed by atoms with Crippen LogP contribution in [0.4, 0.5) is 9.18 Å². The Kier molecular flexibility index (Phi) is 5.79. The number of benzene rings is 2. The minimum absolute atomic E-state index is 0.0132. The van der Waals surface area contributed by atoms with E-state index in [-0.39, 0.29) is 12.2 Å². The van der Waals surface area contributed by atoms with Crippen molar-refractivity contribution in [2.24, 2.45) is 0 Å². The van der Waals surface area contributed by atoms with E-state index in [2.05, 4.69) is 15.9 Å². The molecule has 0 saturated heterocycles. The van der Waals surface area contributed by atoms with Crippen LogP contribution in [0.3, 0.4) is 0 Å². The lowest BCUT2D eigenvalue weighted by Gasteiger charge is -2.35. The fourth-order valence-electron chi connectivity index (χ4n) is 2.31. The molecule has 132 valence electrons. The summed E-state index contributed by atoms with van der Waals surface area (Å²) in [6, 6.07) is 12.9. The van der Waals surface area contributed by atoms with Crippen LogP contribution < -0.4 is 0 Å². The van der Waals surface area contributed by atoms with Crippen LogP contribution in [0.25, 0.3) is 0 Å². The lowest BCUT2D eigenvalue weighted by Crippen LogP contribution is -2.51. The fourth-order valence-corrected chi connectivity index (χ4v) is 2.67. The lowest BCUT2D eigenvalue weighted by molar-refractivity contribution is -0.149. The zero-order chi connectivity index (χ0) is 18.6. The Bertz CT molecular complexity index is 784. The smallest absolute Gasteiger partial charge is 0.411 e. The Morgan fingerprint density at radius 2 is 1.88 bits per heavy atom. The highest BCUT2D eigenvalue weighted by molar-refractivity contribution is 9.10. The first kappa shape index (κ1) is 18.9. The zero-order valence-corrected chi connectivity index (χ0v) is 15.3. The predicted octanol–water partition coefficient (Wildman–Crippen LogP) is 4.16. The molecule has 2 aromatic rings. The molecule has 0 aromatic heterocycles. The van der Waals surface area contributed by atoms with Gasteiger partial charge >= 0.3 is 12.1 Å². The molecule has 7 heteroatoms. The molecule has 0 saturated carbocycles. The molecule has 1 atom stereocenters. The van der Waals surface area contributed by atoms with Crippen molar-refractivity contribution >= 4 is 28.0 Å². The first-order chi connectivity index (χ1) is 11.8. The number of likely N-dealkylation sites (N-methyl/N-ethyl adjacent to an activating group) is 1. The number of rotatable bonds is 5. The van der Waals surface area contributed by atoms with Crippen molar-refractivity contribution in [2.75, 3.05) is 7.05 Å². The van der Waals surface area contributed by atoms with Gasteiger partial charge in [0.25, 0.3) is 0 Å². The van der Waals surface area contributed by atoms with Gasteiger partial charge in [0.1, 0.15) is 12.4 Å². The van der Waals surface area contributed by atoms with Crippen LogP contribution in [0, 0.1) is 5.82 Å². The van der Waals surface area contributed by atoms with Crippen molar-refractivity contribution < 1.29 is 23.8 Å². The summed E-state index contributed by atoms with van der Waals surface area (Å²) in [7, 11) is 1.27. The summed E-state index contributed by atoms with van der Waals surface area (Å²) >= 11 is 3.19. The number of amides is 1.